The molecule has 0 unspecified atom stereocenters. The van der Waals surface area contributed by atoms with Gasteiger partial charge in [-0.15, -0.1) is 11.3 Å². The molecule has 4 rings (SSSR count). The van der Waals surface area contributed by atoms with Crippen LogP contribution < -0.4 is 5.43 Å². The fourth-order valence-electron chi connectivity index (χ4n) is 2.37. The monoisotopic (exact) mass is 367 g/mol. The van der Waals surface area contributed by atoms with Crippen LogP contribution in [0.4, 0.5) is 5.88 Å². The van der Waals surface area contributed by atoms with E-state index in [0.717, 1.165) is 21.3 Å². The van der Waals surface area contributed by atoms with Crippen molar-refractivity contribution in [3.05, 3.63) is 58.2 Å². The van der Waals surface area contributed by atoms with Gasteiger partial charge < -0.3 is 9.40 Å². The highest BCUT2D eigenvalue weighted by Gasteiger charge is 2.14. The molecule has 0 spiro atoms. The van der Waals surface area contributed by atoms with Crippen LogP contribution in [0.15, 0.2) is 51.4 Å². The largest absolute Gasteiger partial charge is 0.416 e. The van der Waals surface area contributed by atoms with Gasteiger partial charge in [0.15, 0.2) is 0 Å². The molecule has 0 amide bonds. The third-order valence-corrected chi connectivity index (χ3v) is 4.60. The number of aromatic nitrogens is 2. The van der Waals surface area contributed by atoms with E-state index in [0.29, 0.717) is 10.9 Å². The molecule has 0 atom stereocenters. The van der Waals surface area contributed by atoms with Gasteiger partial charge in [0.2, 0.25) is 11.6 Å². The molecule has 0 aliphatic carbocycles. The standard InChI is InChI=1S/C17H10ClN5OS/c18-11-3-4-12-10(8-20-13(12)6-11)9-21-23-16-14(7-19)22-17(24-16)15-2-1-5-25-15/h1-6,8-9,20,23H. The molecule has 0 aliphatic rings. The number of aromatic amines is 1. The normalized spacial score (nSPS) is 11.2. The molecule has 1 aromatic carbocycles. The van der Waals surface area contributed by atoms with Crippen molar-refractivity contribution in [2.75, 3.05) is 5.43 Å². The zero-order valence-electron chi connectivity index (χ0n) is 12.7. The number of benzene rings is 1. The maximum absolute atomic E-state index is 9.20. The fraction of sp³-hybridized carbons (Fsp3) is 0. The topological polar surface area (TPSA) is 90.0 Å². The molecular formula is C17H10ClN5OS. The molecule has 122 valence electrons. The minimum Gasteiger partial charge on any atom is -0.416 e. The highest BCUT2D eigenvalue weighted by molar-refractivity contribution is 7.13. The van der Waals surface area contributed by atoms with Gasteiger partial charge in [0.25, 0.3) is 5.88 Å². The summed E-state index contributed by atoms with van der Waals surface area (Å²) in [4.78, 5) is 8.15. The predicted octanol–water partition coefficient (Wildman–Crippen LogP) is 4.86. The summed E-state index contributed by atoms with van der Waals surface area (Å²) in [6.07, 6.45) is 3.47. The van der Waals surface area contributed by atoms with Crippen LogP contribution in [0, 0.1) is 11.3 Å². The maximum atomic E-state index is 9.20. The van der Waals surface area contributed by atoms with Gasteiger partial charge in [0, 0.05) is 27.7 Å². The van der Waals surface area contributed by atoms with E-state index in [1.165, 1.54) is 11.3 Å². The number of nitrogens with zero attached hydrogens (tertiary/aromatic N) is 3. The molecule has 4 aromatic rings. The summed E-state index contributed by atoms with van der Waals surface area (Å²) in [6.45, 7) is 0. The van der Waals surface area contributed by atoms with E-state index >= 15 is 0 Å². The summed E-state index contributed by atoms with van der Waals surface area (Å²) < 4.78 is 5.60. The van der Waals surface area contributed by atoms with E-state index in [4.69, 9.17) is 16.0 Å². The van der Waals surface area contributed by atoms with Gasteiger partial charge >= 0.3 is 0 Å². The van der Waals surface area contributed by atoms with Crippen LogP contribution in [0.2, 0.25) is 5.02 Å². The Morgan fingerprint density at radius 2 is 2.32 bits per heavy atom. The number of rotatable bonds is 4. The SMILES string of the molecule is N#Cc1nc(-c2cccs2)oc1NN=Cc1c[nH]c2cc(Cl)ccc12. The van der Waals surface area contributed by atoms with Crippen molar-refractivity contribution in [2.45, 2.75) is 0 Å². The third-order valence-electron chi connectivity index (χ3n) is 3.51. The van der Waals surface area contributed by atoms with Crippen LogP contribution in [0.3, 0.4) is 0 Å². The number of hydrazone groups is 1. The van der Waals surface area contributed by atoms with Crippen molar-refractivity contribution in [3.63, 3.8) is 0 Å². The first-order valence-electron chi connectivity index (χ1n) is 7.25. The van der Waals surface area contributed by atoms with Crippen molar-refractivity contribution in [3.8, 4) is 16.8 Å². The van der Waals surface area contributed by atoms with Crippen LogP contribution >= 0.6 is 22.9 Å². The van der Waals surface area contributed by atoms with E-state index in [2.05, 4.69) is 20.5 Å². The number of hydrogen-bond acceptors (Lipinski definition) is 6. The van der Waals surface area contributed by atoms with Crippen molar-refractivity contribution in [2.24, 2.45) is 5.10 Å². The maximum Gasteiger partial charge on any atom is 0.252 e. The van der Waals surface area contributed by atoms with Crippen molar-refractivity contribution >= 4 is 45.9 Å². The molecule has 0 aliphatic heterocycles. The number of nitrogens with one attached hydrogen (secondary N) is 2. The van der Waals surface area contributed by atoms with Crippen LogP contribution in [0.5, 0.6) is 0 Å². The molecule has 0 bridgehead atoms. The second kappa shape index (κ2) is 6.43. The van der Waals surface area contributed by atoms with Crippen LogP contribution in [0.1, 0.15) is 11.3 Å². The third kappa shape index (κ3) is 3.01. The summed E-state index contributed by atoms with van der Waals surface area (Å²) in [5, 5.41) is 16.9. The van der Waals surface area contributed by atoms with Gasteiger partial charge in [-0.05, 0) is 23.6 Å². The molecule has 0 fully saturated rings. The Kier molecular flexibility index (Phi) is 3.98. The number of thiophene rings is 1. The van der Waals surface area contributed by atoms with Crippen LogP contribution in [0.25, 0.3) is 21.7 Å². The lowest BCUT2D eigenvalue weighted by molar-refractivity contribution is 0.588. The minimum absolute atomic E-state index is 0.159. The van der Waals surface area contributed by atoms with E-state index < -0.39 is 0 Å². The predicted molar refractivity (Wildman–Crippen MR) is 99.1 cm³/mol. The number of fused-ring (bicyclic) bond motifs is 1. The quantitative estimate of drug-likeness (QED) is 0.398. The summed E-state index contributed by atoms with van der Waals surface area (Å²) >= 11 is 7.46. The first-order valence-corrected chi connectivity index (χ1v) is 8.51. The summed E-state index contributed by atoms with van der Waals surface area (Å²) in [5.74, 6) is 0.607. The van der Waals surface area contributed by atoms with Crippen molar-refractivity contribution in [1.29, 1.82) is 5.26 Å². The molecular weight excluding hydrogens is 358 g/mol. The molecule has 8 heteroatoms. The first-order chi connectivity index (χ1) is 12.2. The molecule has 0 saturated carbocycles. The summed E-state index contributed by atoms with van der Waals surface area (Å²) in [7, 11) is 0. The summed E-state index contributed by atoms with van der Waals surface area (Å²) in [5.41, 5.74) is 4.71. The Morgan fingerprint density at radius 1 is 1.40 bits per heavy atom. The van der Waals surface area contributed by atoms with E-state index in [1.54, 1.807) is 6.21 Å². The lowest BCUT2D eigenvalue weighted by Gasteiger charge is -1.95. The van der Waals surface area contributed by atoms with Crippen molar-refractivity contribution in [1.82, 2.24) is 9.97 Å². The molecule has 3 aromatic heterocycles. The molecule has 0 saturated heterocycles. The lowest BCUT2D eigenvalue weighted by atomic mass is 10.2. The average Bonchev–Trinajstić information content (AvgIpc) is 3.34. The molecule has 3 heterocycles. The number of hydrogen-bond donors (Lipinski definition) is 2. The lowest BCUT2D eigenvalue weighted by Crippen LogP contribution is -1.91. The van der Waals surface area contributed by atoms with Crippen molar-refractivity contribution < 1.29 is 4.42 Å². The number of nitriles is 1. The highest BCUT2D eigenvalue weighted by Crippen LogP contribution is 2.28. The van der Waals surface area contributed by atoms with Gasteiger partial charge in [0.1, 0.15) is 6.07 Å². The fourth-order valence-corrected chi connectivity index (χ4v) is 3.19. The van der Waals surface area contributed by atoms with E-state index in [1.807, 2.05) is 48.0 Å². The van der Waals surface area contributed by atoms with Gasteiger partial charge in [-0.3, -0.25) is 0 Å². The van der Waals surface area contributed by atoms with Crippen LogP contribution in [-0.2, 0) is 0 Å². The Bertz CT molecular complexity index is 1100. The molecule has 0 radical (unpaired) electrons. The second-order valence-corrected chi connectivity index (χ2v) is 6.47. The first kappa shape index (κ1) is 15.4. The van der Waals surface area contributed by atoms with Gasteiger partial charge in [-0.1, -0.05) is 23.7 Å². The number of oxazole rings is 1. The summed E-state index contributed by atoms with van der Waals surface area (Å²) in [6, 6.07) is 11.4. The minimum atomic E-state index is 0.159. The zero-order valence-corrected chi connectivity index (χ0v) is 14.2. The Labute approximate surface area is 151 Å². The van der Waals surface area contributed by atoms with E-state index in [9.17, 15) is 5.26 Å². The Morgan fingerprint density at radius 3 is 3.12 bits per heavy atom. The zero-order chi connectivity index (χ0) is 17.2. The van der Waals surface area contributed by atoms with Crippen LogP contribution in [-0.4, -0.2) is 16.2 Å². The average molecular weight is 368 g/mol. The molecule has 2 N–H and O–H groups in total. The Hall–Kier alpha value is -3.08. The molecule has 6 nitrogen and oxygen atoms in total. The van der Waals surface area contributed by atoms with E-state index in [-0.39, 0.29) is 11.6 Å². The second-order valence-electron chi connectivity index (χ2n) is 5.09. The van der Waals surface area contributed by atoms with Gasteiger partial charge in [-0.25, -0.2) is 5.43 Å². The number of H-pyrrole nitrogens is 1. The Balaban J connectivity index is 1.58. The van der Waals surface area contributed by atoms with Gasteiger partial charge in [-0.2, -0.15) is 15.3 Å². The highest BCUT2D eigenvalue weighted by atomic mass is 35.5. The number of anilines is 1. The van der Waals surface area contributed by atoms with Gasteiger partial charge in [0.05, 0.1) is 11.1 Å². The number of halogens is 1. The molecule has 25 heavy (non-hydrogen) atoms. The smallest absolute Gasteiger partial charge is 0.252 e.